The molecule has 3 unspecified atom stereocenters. The summed E-state index contributed by atoms with van der Waals surface area (Å²) in [5.41, 5.74) is 6.86. The number of rotatable bonds is 20. The second-order valence-electron chi connectivity index (χ2n) is 26.8. The van der Waals surface area contributed by atoms with Crippen molar-refractivity contribution in [2.45, 2.75) is 155 Å². The molecule has 1 N–H and O–H groups in total. The van der Waals surface area contributed by atoms with Crippen molar-refractivity contribution in [2.24, 2.45) is 17.8 Å². The number of nitrogens with one attached hydrogen (secondary N) is 1. The second-order valence-corrected chi connectivity index (χ2v) is 27.7. The highest BCUT2D eigenvalue weighted by atomic mass is 32.1. The molecule has 5 aliphatic rings. The molecule has 0 saturated carbocycles. The van der Waals surface area contributed by atoms with Crippen LogP contribution in [0.3, 0.4) is 0 Å². The Labute approximate surface area is 538 Å². The fourth-order valence-corrected chi connectivity index (χ4v) is 14.9. The zero-order valence-corrected chi connectivity index (χ0v) is 55.6. The highest BCUT2D eigenvalue weighted by Crippen LogP contribution is 2.42. The van der Waals surface area contributed by atoms with E-state index in [9.17, 15) is 14.4 Å². The molecular weight excluding hydrogens is 1170 g/mol. The van der Waals surface area contributed by atoms with Gasteiger partial charge < -0.3 is 48.3 Å². The number of aldehydes is 1. The first-order valence-electron chi connectivity index (χ1n) is 32.6. The average molecular weight is 1260 g/mol. The van der Waals surface area contributed by atoms with E-state index in [0.717, 1.165) is 105 Å². The standard InChI is InChI=1S/C57H74FN9O8.C13H16N2S/c1-9-38-12-10-13-39-23-43(73-33-71-8)24-44(49(38)39)51-50(58)52-45(26-59-51)53(65-29-40-15-16-41(30-65)67(40)56(70)74-57(5,6)7)61-55(60-52)72-32-35(4)63-20-17-36(18-21-63)22-37-27-64(28-37)47-25-46(75-62-47)48(34(2)3)54(69)66-19-11-14-42(66)31-68;1-9(14-3)11-4-6-12(7-5-11)13-10(2)15-8-16-13/h10,12-13,23-26,31,34-37,40-42,48H,9,11,14-22,27-30,32-33H2,1-8H3;4-9,14H,1-3H3/t35-,40?,41?,42-,48?;9-/m00/s1. The van der Waals surface area contributed by atoms with Crippen molar-refractivity contribution in [1.82, 2.24) is 45.1 Å². The summed E-state index contributed by atoms with van der Waals surface area (Å²) in [4.78, 5) is 69.4. The molecule has 4 aromatic heterocycles. The summed E-state index contributed by atoms with van der Waals surface area (Å²) in [6, 6.07) is 20.4. The highest BCUT2D eigenvalue weighted by Gasteiger charge is 2.46. The number of fused-ring (bicyclic) bond motifs is 4. The van der Waals surface area contributed by atoms with Gasteiger partial charge in [0.15, 0.2) is 24.2 Å². The maximum absolute atomic E-state index is 17.6. The number of hydrogen-bond donors (Lipinski definition) is 1. The van der Waals surface area contributed by atoms with Crippen molar-refractivity contribution < 1.29 is 42.2 Å². The smallest absolute Gasteiger partial charge is 0.410 e. The van der Waals surface area contributed by atoms with Crippen molar-refractivity contribution in [2.75, 3.05) is 83.2 Å². The van der Waals surface area contributed by atoms with E-state index in [1.165, 1.54) is 16.0 Å². The minimum atomic E-state index is -0.623. The van der Waals surface area contributed by atoms with Crippen LogP contribution < -0.4 is 24.6 Å². The number of hydrogen-bond acceptors (Lipinski definition) is 18. The van der Waals surface area contributed by atoms with Crippen LogP contribution in [0.25, 0.3) is 43.4 Å². The normalized spacial score (nSPS) is 20.0. The Bertz CT molecular complexity index is 3660. The summed E-state index contributed by atoms with van der Waals surface area (Å²) < 4.78 is 46.9. The number of ether oxygens (including phenoxy) is 4. The molecule has 0 radical (unpaired) electrons. The maximum Gasteiger partial charge on any atom is 0.410 e. The number of halogens is 1. The minimum absolute atomic E-state index is 0.00124. The molecule has 2 amide bonds. The highest BCUT2D eigenvalue weighted by molar-refractivity contribution is 7.13. The first-order valence-corrected chi connectivity index (χ1v) is 33.5. The number of nitrogens with zero attached hydrogens (tertiary/aromatic N) is 10. The topological polar surface area (TPSA) is 194 Å². The molecule has 19 nitrogen and oxygen atoms in total. The fourth-order valence-electron chi connectivity index (χ4n) is 14.0. The van der Waals surface area contributed by atoms with Gasteiger partial charge in [-0.2, -0.15) is 9.97 Å². The van der Waals surface area contributed by atoms with Gasteiger partial charge in [0.25, 0.3) is 0 Å². The molecule has 5 fully saturated rings. The van der Waals surface area contributed by atoms with Crippen molar-refractivity contribution >= 4 is 62.9 Å². The molecule has 3 aromatic carbocycles. The Balaban J connectivity index is 0.000000461. The third-order valence-corrected chi connectivity index (χ3v) is 20.0. The number of piperidine rings is 1. The van der Waals surface area contributed by atoms with E-state index < -0.39 is 17.3 Å². The van der Waals surface area contributed by atoms with E-state index in [1.807, 2.05) is 82.4 Å². The van der Waals surface area contributed by atoms with Gasteiger partial charge in [-0.25, -0.2) is 14.2 Å². The van der Waals surface area contributed by atoms with Crippen LogP contribution in [-0.2, 0) is 25.5 Å². The molecule has 9 heterocycles. The third-order valence-electron chi connectivity index (χ3n) is 19.1. The van der Waals surface area contributed by atoms with E-state index in [1.54, 1.807) is 29.5 Å². The summed E-state index contributed by atoms with van der Waals surface area (Å²) in [6.07, 6.45) is 9.45. The quantitative estimate of drug-likeness (QED) is 0.0559. The number of methoxy groups -OCH3 is 1. The van der Waals surface area contributed by atoms with Crippen LogP contribution in [0.5, 0.6) is 11.8 Å². The van der Waals surface area contributed by atoms with Crippen LogP contribution in [0.2, 0.25) is 0 Å². The van der Waals surface area contributed by atoms with Crippen LogP contribution in [0.15, 0.2) is 76.9 Å². The van der Waals surface area contributed by atoms with Gasteiger partial charge in [-0.1, -0.05) is 68.4 Å². The first-order chi connectivity index (χ1) is 43.8. The Morgan fingerprint density at radius 3 is 2.30 bits per heavy atom. The van der Waals surface area contributed by atoms with Crippen LogP contribution in [0.4, 0.5) is 20.8 Å². The summed E-state index contributed by atoms with van der Waals surface area (Å²) in [5, 5.41) is 9.89. The molecule has 21 heteroatoms. The number of carbonyl (C=O) groups excluding carboxylic acids is 3. The number of carbonyl (C=O) groups is 3. The number of likely N-dealkylation sites (tertiary alicyclic amines) is 2. The molecule has 5 aliphatic heterocycles. The van der Waals surface area contributed by atoms with Crippen LogP contribution in [0, 0.1) is 30.5 Å². The van der Waals surface area contributed by atoms with E-state index in [0.29, 0.717) is 78.8 Å². The summed E-state index contributed by atoms with van der Waals surface area (Å²) in [5.74, 6) is 2.43. The molecule has 486 valence electrons. The SMILES string of the molecule is CCc1cccc2cc(OCOC)cc(-c3ncc4c(N5CC6CCC(C5)N6C(=O)OC(C)(C)C)nc(OC[C@H](C)N5CCC(CC6CN(c7cc(C(C(=O)N8CCC[C@H]8C=O)C(C)C)on7)C6)CC5)nc4c3F)c12.CN[C@@H](C)c1ccc(-c2scnc2C)cc1. The van der Waals surface area contributed by atoms with Crippen molar-refractivity contribution in [3.63, 3.8) is 0 Å². The maximum atomic E-state index is 17.6. The number of piperazine rings is 1. The number of aryl methyl sites for hydroxylation is 2. The van der Waals surface area contributed by atoms with Gasteiger partial charge >= 0.3 is 12.1 Å². The molecule has 12 rings (SSSR count). The molecule has 6 atom stereocenters. The predicted molar refractivity (Wildman–Crippen MR) is 353 cm³/mol. The van der Waals surface area contributed by atoms with Crippen molar-refractivity contribution in [3.05, 3.63) is 101 Å². The Kier molecular flexibility index (Phi) is 20.2. The minimum Gasteiger partial charge on any atom is -0.468 e. The third kappa shape index (κ3) is 14.3. The van der Waals surface area contributed by atoms with Crippen LogP contribution in [-0.4, -0.2) is 161 Å². The summed E-state index contributed by atoms with van der Waals surface area (Å²) in [7, 11) is 3.54. The lowest BCUT2D eigenvalue weighted by atomic mass is 9.83. The van der Waals surface area contributed by atoms with Gasteiger partial charge in [-0.3, -0.25) is 19.6 Å². The predicted octanol–water partition coefficient (Wildman–Crippen LogP) is 12.4. The van der Waals surface area contributed by atoms with Crippen LogP contribution in [0.1, 0.15) is 135 Å². The number of amides is 2. The number of anilines is 2. The van der Waals surface area contributed by atoms with Crippen molar-refractivity contribution in [3.8, 4) is 33.5 Å². The Hall–Kier alpha value is -7.33. The lowest BCUT2D eigenvalue weighted by molar-refractivity contribution is -0.137. The van der Waals surface area contributed by atoms with Gasteiger partial charge in [-0.15, -0.1) is 11.3 Å². The molecule has 2 bridgehead atoms. The molecule has 91 heavy (non-hydrogen) atoms. The fraction of sp³-hybridized carbons (Fsp3) is 0.543. The first kappa shape index (κ1) is 65.2. The van der Waals surface area contributed by atoms with Gasteiger partial charge in [0.2, 0.25) is 5.91 Å². The van der Waals surface area contributed by atoms with E-state index in [4.69, 9.17) is 38.4 Å². The summed E-state index contributed by atoms with van der Waals surface area (Å²) >= 11 is 1.70. The zero-order chi connectivity index (χ0) is 64.3. The molecule has 5 saturated heterocycles. The largest absolute Gasteiger partial charge is 0.468 e. The van der Waals surface area contributed by atoms with Crippen LogP contribution >= 0.6 is 11.3 Å². The van der Waals surface area contributed by atoms with Gasteiger partial charge in [-0.05, 0) is 170 Å². The Morgan fingerprint density at radius 1 is 0.890 bits per heavy atom. The van der Waals surface area contributed by atoms with Gasteiger partial charge in [0.05, 0.1) is 39.6 Å². The molecule has 0 aliphatic carbocycles. The van der Waals surface area contributed by atoms with E-state index in [-0.39, 0.29) is 66.1 Å². The number of thiazole rings is 1. The van der Waals surface area contributed by atoms with E-state index in [2.05, 4.69) is 88.2 Å². The molecule has 0 spiro atoms. The zero-order valence-electron chi connectivity index (χ0n) is 54.7. The molecular formula is C70H90FN11O8S. The monoisotopic (exact) mass is 1260 g/mol. The second kappa shape index (κ2) is 28.3. The van der Waals surface area contributed by atoms with E-state index >= 15 is 4.39 Å². The lowest BCUT2D eigenvalue weighted by Gasteiger charge is -2.43. The summed E-state index contributed by atoms with van der Waals surface area (Å²) in [6.45, 7) is 23.7. The lowest BCUT2D eigenvalue weighted by Crippen LogP contribution is -2.57. The van der Waals surface area contributed by atoms with Gasteiger partial charge in [0.1, 0.15) is 47.2 Å². The Morgan fingerprint density at radius 2 is 1.64 bits per heavy atom. The molecule has 7 aromatic rings. The van der Waals surface area contributed by atoms with Crippen molar-refractivity contribution in [1.29, 1.82) is 0 Å². The average Bonchev–Trinajstić information content (AvgIpc) is 1.42. The van der Waals surface area contributed by atoms with Gasteiger partial charge in [0, 0.05) is 69.7 Å². The number of aromatic nitrogens is 5. The number of benzene rings is 3. The number of pyridine rings is 1.